The first kappa shape index (κ1) is 24.2. The quantitative estimate of drug-likeness (QED) is 0.248. The van der Waals surface area contributed by atoms with Crippen molar-refractivity contribution < 1.29 is 9.59 Å². The number of carbonyl (C=O) groups excluding carboxylic acids is 2. The average Bonchev–Trinajstić information content (AvgIpc) is 2.80. The van der Waals surface area contributed by atoms with Crippen molar-refractivity contribution in [2.45, 2.75) is 13.8 Å². The zero-order valence-electron chi connectivity index (χ0n) is 18.3. The van der Waals surface area contributed by atoms with E-state index in [-0.39, 0.29) is 11.6 Å². The van der Waals surface area contributed by atoms with Crippen LogP contribution < -0.4 is 5.73 Å². The van der Waals surface area contributed by atoms with E-state index in [2.05, 4.69) is 0 Å². The average molecular weight is 476 g/mol. The third-order valence-electron chi connectivity index (χ3n) is 4.98. The van der Waals surface area contributed by atoms with E-state index in [0.29, 0.717) is 38.0 Å². The molecule has 4 rings (SSSR count). The minimum absolute atomic E-state index is 0.0255. The molecule has 0 aromatic heterocycles. The van der Waals surface area contributed by atoms with Gasteiger partial charge in [0.25, 0.3) is 0 Å². The number of carbonyl (C=O) groups is 2. The summed E-state index contributed by atoms with van der Waals surface area (Å²) in [4.78, 5) is 24.2. The smallest absolute Gasteiger partial charge is 0.195 e. The second-order valence-electron chi connectivity index (χ2n) is 7.63. The number of nitrogens with two attached hydrogens (primary N) is 1. The molecule has 3 nitrogen and oxygen atoms in total. The fourth-order valence-electron chi connectivity index (χ4n) is 3.12. The molecule has 0 atom stereocenters. The van der Waals surface area contributed by atoms with Crippen molar-refractivity contribution in [2.75, 3.05) is 5.73 Å². The number of ketones is 2. The van der Waals surface area contributed by atoms with Crippen LogP contribution >= 0.6 is 23.2 Å². The number of anilines is 1. The van der Waals surface area contributed by atoms with Crippen LogP contribution in [0.5, 0.6) is 0 Å². The van der Waals surface area contributed by atoms with Gasteiger partial charge in [-0.15, -0.1) is 0 Å². The molecule has 0 heterocycles. The largest absolute Gasteiger partial charge is 0.398 e. The molecule has 0 aliphatic rings. The minimum Gasteiger partial charge on any atom is -0.398 e. The summed E-state index contributed by atoms with van der Waals surface area (Å²) >= 11 is 11.5. The molecule has 5 heteroatoms. The van der Waals surface area contributed by atoms with Gasteiger partial charge in [-0.1, -0.05) is 59.1 Å². The zero-order valence-corrected chi connectivity index (χ0v) is 19.8. The molecular weight excluding hydrogens is 453 g/mol. The Morgan fingerprint density at radius 3 is 1.42 bits per heavy atom. The Labute approximate surface area is 203 Å². The third-order valence-corrected chi connectivity index (χ3v) is 5.48. The Bertz CT molecular complexity index is 1220. The van der Waals surface area contributed by atoms with Crippen molar-refractivity contribution in [2.24, 2.45) is 0 Å². The van der Waals surface area contributed by atoms with Gasteiger partial charge in [0.05, 0.1) is 0 Å². The van der Waals surface area contributed by atoms with Crippen molar-refractivity contribution >= 4 is 40.5 Å². The third kappa shape index (κ3) is 6.55. The summed E-state index contributed by atoms with van der Waals surface area (Å²) in [5.41, 5.74) is 11.1. The van der Waals surface area contributed by atoms with E-state index >= 15 is 0 Å². The number of hydrogen-bond donors (Lipinski definition) is 1. The lowest BCUT2D eigenvalue weighted by Gasteiger charge is -2.06. The lowest BCUT2D eigenvalue weighted by Crippen LogP contribution is -2.05. The molecule has 33 heavy (non-hydrogen) atoms. The molecule has 4 aromatic carbocycles. The first-order chi connectivity index (χ1) is 15.7. The number of aryl methyl sites for hydroxylation is 2. The van der Waals surface area contributed by atoms with Crippen LogP contribution in [0.4, 0.5) is 5.69 Å². The van der Waals surface area contributed by atoms with Crippen LogP contribution in [0.1, 0.15) is 43.0 Å². The van der Waals surface area contributed by atoms with E-state index in [1.807, 2.05) is 50.2 Å². The van der Waals surface area contributed by atoms with Crippen LogP contribution in [0, 0.1) is 13.8 Å². The molecule has 0 saturated heterocycles. The van der Waals surface area contributed by atoms with E-state index in [0.717, 1.165) is 11.1 Å². The monoisotopic (exact) mass is 475 g/mol. The van der Waals surface area contributed by atoms with Crippen molar-refractivity contribution in [1.82, 2.24) is 0 Å². The fraction of sp³-hybridized carbons (Fsp3) is 0.0714. The standard InChI is InChI=1S/C15H15NO.C13H8Cl2O/c1-10-3-6-12(7-4-10)15(17)13-8-5-11(2)9-14(13)16;14-11-5-1-9(2-6-11)13(16)10-3-7-12(15)8-4-10/h3-9H,16H2,1-2H3;1-8H. The molecule has 0 fully saturated rings. The second-order valence-corrected chi connectivity index (χ2v) is 8.50. The topological polar surface area (TPSA) is 60.2 Å². The fourth-order valence-corrected chi connectivity index (χ4v) is 3.37. The highest BCUT2D eigenvalue weighted by molar-refractivity contribution is 6.31. The lowest BCUT2D eigenvalue weighted by molar-refractivity contribution is 0.103. The number of nitrogen functional groups attached to an aromatic ring is 1. The number of rotatable bonds is 4. The highest BCUT2D eigenvalue weighted by Gasteiger charge is 2.12. The Morgan fingerprint density at radius 1 is 0.576 bits per heavy atom. The second kappa shape index (κ2) is 11.0. The molecule has 0 bridgehead atoms. The Balaban J connectivity index is 0.000000186. The van der Waals surface area contributed by atoms with Crippen LogP contribution in [-0.2, 0) is 0 Å². The van der Waals surface area contributed by atoms with E-state index < -0.39 is 0 Å². The van der Waals surface area contributed by atoms with E-state index in [4.69, 9.17) is 28.9 Å². The summed E-state index contributed by atoms with van der Waals surface area (Å²) in [6.07, 6.45) is 0. The van der Waals surface area contributed by atoms with Crippen LogP contribution in [-0.4, -0.2) is 11.6 Å². The predicted octanol–water partition coefficient (Wildman–Crippen LogP) is 7.34. The summed E-state index contributed by atoms with van der Waals surface area (Å²) in [7, 11) is 0. The molecule has 0 spiro atoms. The molecular formula is C28H23Cl2NO2. The molecule has 166 valence electrons. The van der Waals surface area contributed by atoms with E-state index in [9.17, 15) is 9.59 Å². The Kier molecular flexibility index (Phi) is 8.05. The normalized spacial score (nSPS) is 10.2. The van der Waals surface area contributed by atoms with Gasteiger partial charge in [-0.3, -0.25) is 9.59 Å². The van der Waals surface area contributed by atoms with Gasteiger partial charge >= 0.3 is 0 Å². The highest BCUT2D eigenvalue weighted by atomic mass is 35.5. The summed E-state index contributed by atoms with van der Waals surface area (Å²) in [6.45, 7) is 3.95. The lowest BCUT2D eigenvalue weighted by atomic mass is 10.00. The maximum Gasteiger partial charge on any atom is 0.195 e. The molecule has 0 unspecified atom stereocenters. The summed E-state index contributed by atoms with van der Waals surface area (Å²) in [6, 6.07) is 26.6. The van der Waals surface area contributed by atoms with Gasteiger partial charge in [0.15, 0.2) is 11.6 Å². The SMILES string of the molecule is Cc1ccc(C(=O)c2ccc(C)cc2N)cc1.O=C(c1ccc(Cl)cc1)c1ccc(Cl)cc1. The predicted molar refractivity (Wildman–Crippen MR) is 137 cm³/mol. The molecule has 4 aromatic rings. The van der Waals surface area contributed by atoms with Gasteiger partial charge < -0.3 is 5.73 Å². The van der Waals surface area contributed by atoms with Crippen molar-refractivity contribution in [3.63, 3.8) is 0 Å². The van der Waals surface area contributed by atoms with Gasteiger partial charge in [-0.25, -0.2) is 0 Å². The maximum absolute atomic E-state index is 12.2. The van der Waals surface area contributed by atoms with Gasteiger partial charge in [0.2, 0.25) is 0 Å². The summed E-state index contributed by atoms with van der Waals surface area (Å²) in [5, 5.41) is 1.24. The molecule has 0 amide bonds. The molecule has 0 aliphatic carbocycles. The van der Waals surface area contributed by atoms with E-state index in [1.54, 1.807) is 54.6 Å². The summed E-state index contributed by atoms with van der Waals surface area (Å²) in [5.74, 6) is -0.0594. The summed E-state index contributed by atoms with van der Waals surface area (Å²) < 4.78 is 0. The van der Waals surface area contributed by atoms with Crippen molar-refractivity contribution in [3.8, 4) is 0 Å². The molecule has 0 aliphatic heterocycles. The minimum atomic E-state index is -0.0340. The Morgan fingerprint density at radius 2 is 0.970 bits per heavy atom. The Hall–Kier alpha value is -3.40. The number of halogens is 2. The number of benzene rings is 4. The molecule has 0 saturated carbocycles. The van der Waals surface area contributed by atoms with Crippen LogP contribution in [0.25, 0.3) is 0 Å². The van der Waals surface area contributed by atoms with Crippen LogP contribution in [0.2, 0.25) is 10.0 Å². The number of hydrogen-bond acceptors (Lipinski definition) is 3. The van der Waals surface area contributed by atoms with E-state index in [1.165, 1.54) is 0 Å². The molecule has 0 radical (unpaired) electrons. The van der Waals surface area contributed by atoms with Crippen LogP contribution in [0.15, 0.2) is 91.0 Å². The van der Waals surface area contributed by atoms with Crippen molar-refractivity contribution in [3.05, 3.63) is 134 Å². The van der Waals surface area contributed by atoms with Crippen LogP contribution in [0.3, 0.4) is 0 Å². The maximum atomic E-state index is 12.2. The first-order valence-electron chi connectivity index (χ1n) is 10.3. The van der Waals surface area contributed by atoms with Gasteiger partial charge in [0, 0.05) is 38.0 Å². The van der Waals surface area contributed by atoms with Gasteiger partial charge in [-0.05, 0) is 80.1 Å². The molecule has 2 N–H and O–H groups in total. The van der Waals surface area contributed by atoms with Crippen molar-refractivity contribution in [1.29, 1.82) is 0 Å². The van der Waals surface area contributed by atoms with Gasteiger partial charge in [0.1, 0.15) is 0 Å². The van der Waals surface area contributed by atoms with Gasteiger partial charge in [-0.2, -0.15) is 0 Å². The highest BCUT2D eigenvalue weighted by Crippen LogP contribution is 2.19. The zero-order chi connectivity index (χ0) is 24.0. The first-order valence-corrected chi connectivity index (χ1v) is 11.0.